The van der Waals surface area contributed by atoms with Gasteiger partial charge in [0.2, 0.25) is 0 Å². The minimum Gasteiger partial charge on any atom is -0.308 e. The lowest BCUT2D eigenvalue weighted by molar-refractivity contribution is 1.17. The highest BCUT2D eigenvalue weighted by molar-refractivity contribution is 8.00. The first-order chi connectivity index (χ1) is 28.8. The number of nitrogens with zero attached hydrogens (tertiary/aromatic N) is 3. The van der Waals surface area contributed by atoms with Crippen LogP contribution >= 0.6 is 23.5 Å². The van der Waals surface area contributed by atoms with Gasteiger partial charge < -0.3 is 9.80 Å². The van der Waals surface area contributed by atoms with Crippen LogP contribution in [0, 0.1) is 0 Å². The van der Waals surface area contributed by atoms with E-state index in [2.05, 4.69) is 210 Å². The van der Waals surface area contributed by atoms with Gasteiger partial charge in [0.15, 0.2) is 0 Å². The van der Waals surface area contributed by atoms with E-state index in [4.69, 9.17) is 4.98 Å². The van der Waals surface area contributed by atoms with Crippen LogP contribution in [0.1, 0.15) is 0 Å². The van der Waals surface area contributed by atoms with Crippen LogP contribution in [0.2, 0.25) is 0 Å². The topological polar surface area (TPSA) is 19.4 Å². The molecule has 2 aliphatic heterocycles. The molecule has 3 heterocycles. The molecule has 0 N–H and O–H groups in total. The van der Waals surface area contributed by atoms with Gasteiger partial charge in [0, 0.05) is 53.3 Å². The number of fused-ring (bicyclic) bond motifs is 8. The molecule has 10 aromatic rings. The monoisotopic (exact) mass is 775 g/mol. The van der Waals surface area contributed by atoms with Crippen LogP contribution < -0.4 is 9.80 Å². The van der Waals surface area contributed by atoms with E-state index in [0.29, 0.717) is 0 Å². The lowest BCUT2D eigenvalue weighted by Gasteiger charge is -2.33. The molecule has 5 heteroatoms. The van der Waals surface area contributed by atoms with Gasteiger partial charge in [-0.2, -0.15) is 0 Å². The molecule has 12 rings (SSSR count). The SMILES string of the molecule is c1ccc(N2c3ccccc3Sc3ccc(-c4c5ccccc5c(-c5ccc6c(c5)N(c5ccccc5)c5ccccc5S6)c5c4cnc4ccccc45)cc32)cc1. The zero-order valence-corrected chi connectivity index (χ0v) is 32.8. The van der Waals surface area contributed by atoms with Crippen LogP contribution in [-0.2, 0) is 0 Å². The Morgan fingerprint density at radius 3 is 1.38 bits per heavy atom. The van der Waals surface area contributed by atoms with Gasteiger partial charge in [-0.05, 0) is 112 Å². The number of pyridine rings is 1. The van der Waals surface area contributed by atoms with Gasteiger partial charge in [-0.25, -0.2) is 0 Å². The maximum Gasteiger partial charge on any atom is 0.0708 e. The highest BCUT2D eigenvalue weighted by Crippen LogP contribution is 2.56. The summed E-state index contributed by atoms with van der Waals surface area (Å²) in [7, 11) is 0. The van der Waals surface area contributed by atoms with Crippen LogP contribution in [-0.4, -0.2) is 4.98 Å². The van der Waals surface area contributed by atoms with E-state index in [9.17, 15) is 0 Å². The van der Waals surface area contributed by atoms with Gasteiger partial charge in [-0.1, -0.05) is 139 Å². The number of aromatic nitrogens is 1. The van der Waals surface area contributed by atoms with E-state index < -0.39 is 0 Å². The van der Waals surface area contributed by atoms with Gasteiger partial charge in [-0.15, -0.1) is 0 Å². The number of benzene rings is 9. The molecule has 9 aromatic carbocycles. The van der Waals surface area contributed by atoms with Crippen LogP contribution in [0.3, 0.4) is 0 Å². The summed E-state index contributed by atoms with van der Waals surface area (Å²) in [6.45, 7) is 0. The average molecular weight is 776 g/mol. The van der Waals surface area contributed by atoms with E-state index in [-0.39, 0.29) is 0 Å². The summed E-state index contributed by atoms with van der Waals surface area (Å²) in [6, 6.07) is 70.6. The van der Waals surface area contributed by atoms with E-state index in [1.165, 1.54) is 75.2 Å². The van der Waals surface area contributed by atoms with Crippen molar-refractivity contribution in [2.75, 3.05) is 9.80 Å². The Kier molecular flexibility index (Phi) is 7.71. The van der Waals surface area contributed by atoms with Crippen molar-refractivity contribution < 1.29 is 0 Å². The second-order valence-corrected chi connectivity index (χ2v) is 16.9. The largest absolute Gasteiger partial charge is 0.308 e. The molecule has 0 radical (unpaired) electrons. The molecule has 272 valence electrons. The van der Waals surface area contributed by atoms with Crippen molar-refractivity contribution in [2.24, 2.45) is 0 Å². The molecule has 0 saturated carbocycles. The number of para-hydroxylation sites is 5. The third-order valence-corrected chi connectivity index (χ3v) is 13.7. The fourth-order valence-electron chi connectivity index (χ4n) is 8.94. The minimum atomic E-state index is 0.986. The van der Waals surface area contributed by atoms with E-state index in [1.807, 2.05) is 23.5 Å². The summed E-state index contributed by atoms with van der Waals surface area (Å²) >= 11 is 3.68. The Morgan fingerprint density at radius 2 is 0.793 bits per heavy atom. The summed E-state index contributed by atoms with van der Waals surface area (Å²) < 4.78 is 0. The normalized spacial score (nSPS) is 13.0. The van der Waals surface area contributed by atoms with Gasteiger partial charge >= 0.3 is 0 Å². The number of anilines is 6. The third-order valence-electron chi connectivity index (χ3n) is 11.4. The standard InChI is InChI=1S/C53H33N3S2/c1-3-15-36(16-4-1)55-43-23-11-13-25-47(43)57-49-29-27-34(31-45(49)55)51-38-19-7-8-20-39(38)52(53-40-21-9-10-22-42(40)54-33-41(51)53)35-28-30-50-46(32-35)56(37-17-5-2-6-18-37)44-24-12-14-26-48(44)58-50/h1-33H. The molecule has 1 aromatic heterocycles. The Balaban J connectivity index is 1.13. The summed E-state index contributed by atoms with van der Waals surface area (Å²) in [4.78, 5) is 14.9. The smallest absolute Gasteiger partial charge is 0.0708 e. The van der Waals surface area contributed by atoms with Crippen LogP contribution in [0.25, 0.3) is 54.7 Å². The predicted octanol–water partition coefficient (Wildman–Crippen LogP) is 15.7. The quantitative estimate of drug-likeness (QED) is 0.131. The highest BCUT2D eigenvalue weighted by Gasteiger charge is 2.29. The zero-order chi connectivity index (χ0) is 38.2. The number of rotatable bonds is 4. The Hall–Kier alpha value is -6.79. The third kappa shape index (κ3) is 5.21. The molecular formula is C53H33N3S2. The summed E-state index contributed by atoms with van der Waals surface area (Å²) in [5.41, 5.74) is 12.8. The molecule has 0 aliphatic carbocycles. The van der Waals surface area contributed by atoms with Crippen molar-refractivity contribution in [1.82, 2.24) is 4.98 Å². The van der Waals surface area contributed by atoms with Crippen molar-refractivity contribution >= 4 is 90.1 Å². The van der Waals surface area contributed by atoms with E-state index in [0.717, 1.165) is 33.2 Å². The molecule has 2 aliphatic rings. The number of hydrogen-bond acceptors (Lipinski definition) is 5. The first-order valence-electron chi connectivity index (χ1n) is 19.5. The van der Waals surface area contributed by atoms with E-state index in [1.54, 1.807) is 0 Å². The predicted molar refractivity (Wildman–Crippen MR) is 245 cm³/mol. The van der Waals surface area contributed by atoms with Crippen molar-refractivity contribution in [3.63, 3.8) is 0 Å². The molecule has 0 amide bonds. The summed E-state index contributed by atoms with van der Waals surface area (Å²) in [5.74, 6) is 0. The molecule has 0 bridgehead atoms. The molecule has 0 atom stereocenters. The average Bonchev–Trinajstić information content (AvgIpc) is 3.29. The maximum atomic E-state index is 5.14. The van der Waals surface area contributed by atoms with Crippen molar-refractivity contribution in [2.45, 2.75) is 19.6 Å². The molecule has 3 nitrogen and oxygen atoms in total. The van der Waals surface area contributed by atoms with Crippen LogP contribution in [0.15, 0.2) is 220 Å². The number of hydrogen-bond donors (Lipinski definition) is 0. The van der Waals surface area contributed by atoms with Crippen LogP contribution in [0.5, 0.6) is 0 Å². The summed E-state index contributed by atoms with van der Waals surface area (Å²) in [5, 5.41) is 5.92. The van der Waals surface area contributed by atoms with Gasteiger partial charge in [0.05, 0.1) is 28.3 Å². The van der Waals surface area contributed by atoms with E-state index >= 15 is 0 Å². The lowest BCUT2D eigenvalue weighted by Crippen LogP contribution is -2.14. The fourth-order valence-corrected chi connectivity index (χ4v) is 11.0. The Bertz CT molecular complexity index is 3250. The summed E-state index contributed by atoms with van der Waals surface area (Å²) in [6.07, 6.45) is 2.11. The van der Waals surface area contributed by atoms with Gasteiger partial charge in [-0.3, -0.25) is 4.98 Å². The van der Waals surface area contributed by atoms with Crippen molar-refractivity contribution in [3.8, 4) is 22.3 Å². The second-order valence-electron chi connectivity index (χ2n) is 14.7. The molecule has 0 saturated heterocycles. The minimum absolute atomic E-state index is 0.986. The van der Waals surface area contributed by atoms with Crippen molar-refractivity contribution in [1.29, 1.82) is 0 Å². The Labute approximate surface area is 345 Å². The maximum absolute atomic E-state index is 5.14. The molecule has 0 unspecified atom stereocenters. The lowest BCUT2D eigenvalue weighted by atomic mass is 9.85. The van der Waals surface area contributed by atoms with Gasteiger partial charge in [0.25, 0.3) is 0 Å². The Morgan fingerprint density at radius 1 is 0.345 bits per heavy atom. The second kappa shape index (κ2) is 13.4. The zero-order valence-electron chi connectivity index (χ0n) is 31.2. The highest BCUT2D eigenvalue weighted by atomic mass is 32.2. The van der Waals surface area contributed by atoms with Crippen LogP contribution in [0.4, 0.5) is 34.1 Å². The molecule has 0 spiro atoms. The van der Waals surface area contributed by atoms with Gasteiger partial charge in [0.1, 0.15) is 0 Å². The molecule has 58 heavy (non-hydrogen) atoms. The fraction of sp³-hybridized carbons (Fsp3) is 0. The molecule has 0 fully saturated rings. The first kappa shape index (κ1) is 33.4. The first-order valence-corrected chi connectivity index (χ1v) is 21.2. The molecular weight excluding hydrogens is 743 g/mol. The van der Waals surface area contributed by atoms with Crippen molar-refractivity contribution in [3.05, 3.63) is 200 Å².